The van der Waals surface area contributed by atoms with Crippen LogP contribution in [0.25, 0.3) is 32.4 Å². The summed E-state index contributed by atoms with van der Waals surface area (Å²) in [6.45, 7) is 3.54. The zero-order valence-electron chi connectivity index (χ0n) is 18.2. The number of fused-ring (bicyclic) bond motifs is 1. The highest BCUT2D eigenvalue weighted by atomic mass is 32.1. The molecule has 0 spiro atoms. The zero-order valence-corrected chi connectivity index (χ0v) is 19.0. The summed E-state index contributed by atoms with van der Waals surface area (Å²) in [6, 6.07) is 13.1. The number of hydrogen-bond donors (Lipinski definition) is 1. The van der Waals surface area contributed by atoms with Crippen LogP contribution in [0, 0.1) is 19.7 Å². The molecule has 1 N–H and O–H groups in total. The van der Waals surface area contributed by atoms with Crippen LogP contribution in [0.1, 0.15) is 11.1 Å². The summed E-state index contributed by atoms with van der Waals surface area (Å²) < 4.78 is 19.8. The van der Waals surface area contributed by atoms with E-state index in [1.807, 2.05) is 31.2 Å². The Morgan fingerprint density at radius 2 is 1.97 bits per heavy atom. The molecule has 0 saturated heterocycles. The highest BCUT2D eigenvalue weighted by Crippen LogP contribution is 2.35. The van der Waals surface area contributed by atoms with Gasteiger partial charge in [0.05, 0.1) is 16.6 Å². The minimum atomic E-state index is -0.428. The van der Waals surface area contributed by atoms with Crippen molar-refractivity contribution in [2.45, 2.75) is 20.4 Å². The Hall–Kier alpha value is -4.18. The monoisotopic (exact) mass is 475 g/mol. The lowest BCUT2D eigenvalue weighted by Gasteiger charge is -2.07. The van der Waals surface area contributed by atoms with Crippen molar-refractivity contribution in [3.05, 3.63) is 82.2 Å². The molecule has 5 rings (SSSR count). The topological polar surface area (TPSA) is 103 Å². The molecule has 5 aromatic rings. The molecule has 2 aromatic carbocycles. The van der Waals surface area contributed by atoms with Gasteiger partial charge in [-0.2, -0.15) is 4.98 Å². The van der Waals surface area contributed by atoms with Gasteiger partial charge in [-0.05, 0) is 49.7 Å². The normalized spacial score (nSPS) is 11.1. The van der Waals surface area contributed by atoms with Crippen molar-refractivity contribution in [3.8, 4) is 22.2 Å². The first-order valence-electron chi connectivity index (χ1n) is 10.3. The lowest BCUT2D eigenvalue weighted by Crippen LogP contribution is -2.27. The Balaban J connectivity index is 1.44. The van der Waals surface area contributed by atoms with E-state index in [1.54, 1.807) is 6.92 Å². The van der Waals surface area contributed by atoms with Crippen LogP contribution in [-0.4, -0.2) is 25.6 Å². The van der Waals surface area contributed by atoms with E-state index in [9.17, 15) is 14.0 Å². The van der Waals surface area contributed by atoms with Gasteiger partial charge in [-0.15, -0.1) is 11.3 Å². The van der Waals surface area contributed by atoms with Gasteiger partial charge in [0.1, 0.15) is 17.2 Å². The average Bonchev–Trinajstić information content (AvgIpc) is 3.42. The highest BCUT2D eigenvalue weighted by molar-refractivity contribution is 7.22. The molecule has 0 atom stereocenters. The third kappa shape index (κ3) is 4.11. The second-order valence-corrected chi connectivity index (χ2v) is 8.76. The lowest BCUT2D eigenvalue weighted by molar-refractivity contribution is -0.116. The van der Waals surface area contributed by atoms with Gasteiger partial charge in [0, 0.05) is 11.3 Å². The minimum Gasteiger partial charge on any atom is -0.333 e. The van der Waals surface area contributed by atoms with E-state index in [0.29, 0.717) is 38.1 Å². The molecule has 3 heterocycles. The molecular weight excluding hydrogens is 457 g/mol. The second kappa shape index (κ2) is 8.64. The molecule has 0 bridgehead atoms. The number of benzene rings is 2. The molecule has 34 heavy (non-hydrogen) atoms. The molecule has 0 aliphatic carbocycles. The van der Waals surface area contributed by atoms with E-state index >= 15 is 0 Å². The maximum atomic E-state index is 13.1. The van der Waals surface area contributed by atoms with E-state index in [0.717, 1.165) is 11.1 Å². The summed E-state index contributed by atoms with van der Waals surface area (Å²) in [4.78, 5) is 35.6. The molecule has 8 nitrogen and oxygen atoms in total. The molecule has 0 aliphatic rings. The van der Waals surface area contributed by atoms with Crippen molar-refractivity contribution in [3.63, 3.8) is 0 Å². The van der Waals surface area contributed by atoms with Crippen LogP contribution in [0.2, 0.25) is 0 Å². The summed E-state index contributed by atoms with van der Waals surface area (Å²) in [6.07, 6.45) is 1.33. The van der Waals surface area contributed by atoms with Crippen LogP contribution >= 0.6 is 11.3 Å². The van der Waals surface area contributed by atoms with Gasteiger partial charge in [0.15, 0.2) is 0 Å². The van der Waals surface area contributed by atoms with Crippen LogP contribution in [-0.2, 0) is 11.3 Å². The number of hydrogen-bond acceptors (Lipinski definition) is 7. The van der Waals surface area contributed by atoms with Crippen molar-refractivity contribution in [2.75, 3.05) is 5.32 Å². The summed E-state index contributed by atoms with van der Waals surface area (Å²) in [5.41, 5.74) is 2.66. The van der Waals surface area contributed by atoms with Gasteiger partial charge in [-0.3, -0.25) is 14.2 Å². The fourth-order valence-corrected chi connectivity index (χ4v) is 4.64. The van der Waals surface area contributed by atoms with E-state index in [4.69, 9.17) is 4.52 Å². The maximum absolute atomic E-state index is 13.1. The first-order chi connectivity index (χ1) is 16.4. The van der Waals surface area contributed by atoms with Crippen LogP contribution in [0.4, 0.5) is 10.1 Å². The molecule has 0 unspecified atom stereocenters. The number of aromatic nitrogens is 4. The van der Waals surface area contributed by atoms with E-state index in [2.05, 4.69) is 20.4 Å². The lowest BCUT2D eigenvalue weighted by atomic mass is 10.1. The number of rotatable bonds is 5. The number of halogens is 1. The van der Waals surface area contributed by atoms with E-state index < -0.39 is 11.7 Å². The van der Waals surface area contributed by atoms with Gasteiger partial charge in [0.2, 0.25) is 11.7 Å². The predicted molar refractivity (Wildman–Crippen MR) is 127 cm³/mol. The first-order valence-corrected chi connectivity index (χ1v) is 11.2. The Labute approximate surface area is 196 Å². The minimum absolute atomic E-state index is 0.234. The number of nitrogens with zero attached hydrogens (tertiary/aromatic N) is 4. The second-order valence-electron chi connectivity index (χ2n) is 7.76. The molecule has 0 saturated carbocycles. The Morgan fingerprint density at radius 1 is 1.18 bits per heavy atom. The number of amides is 1. The summed E-state index contributed by atoms with van der Waals surface area (Å²) in [5.74, 6) is -0.0714. The van der Waals surface area contributed by atoms with Crippen molar-refractivity contribution in [1.29, 1.82) is 0 Å². The number of aryl methyl sites for hydroxylation is 2. The van der Waals surface area contributed by atoms with Crippen LogP contribution in [0.15, 0.2) is 64.2 Å². The van der Waals surface area contributed by atoms with Crippen molar-refractivity contribution < 1.29 is 13.7 Å². The Morgan fingerprint density at radius 3 is 2.74 bits per heavy atom. The van der Waals surface area contributed by atoms with Crippen molar-refractivity contribution >= 4 is 33.1 Å². The molecule has 1 amide bonds. The smallest absolute Gasteiger partial charge is 0.268 e. The van der Waals surface area contributed by atoms with Crippen LogP contribution in [0.3, 0.4) is 0 Å². The van der Waals surface area contributed by atoms with Gasteiger partial charge in [0.25, 0.3) is 11.4 Å². The zero-order chi connectivity index (χ0) is 23.8. The predicted octanol–water partition coefficient (Wildman–Crippen LogP) is 4.57. The number of carbonyl (C=O) groups excluding carboxylic acids is 1. The van der Waals surface area contributed by atoms with E-state index in [-0.39, 0.29) is 12.1 Å². The van der Waals surface area contributed by atoms with Crippen LogP contribution < -0.4 is 10.9 Å². The van der Waals surface area contributed by atoms with Crippen molar-refractivity contribution in [2.24, 2.45) is 0 Å². The van der Waals surface area contributed by atoms with Crippen LogP contribution in [0.5, 0.6) is 0 Å². The quantitative estimate of drug-likeness (QED) is 0.399. The fraction of sp³-hybridized carbons (Fsp3) is 0.125. The number of carbonyl (C=O) groups is 1. The van der Waals surface area contributed by atoms with Gasteiger partial charge < -0.3 is 9.84 Å². The van der Waals surface area contributed by atoms with E-state index in [1.165, 1.54) is 46.5 Å². The largest absolute Gasteiger partial charge is 0.333 e. The van der Waals surface area contributed by atoms with Gasteiger partial charge in [-0.25, -0.2) is 9.37 Å². The van der Waals surface area contributed by atoms with Gasteiger partial charge >= 0.3 is 0 Å². The fourth-order valence-electron chi connectivity index (χ4n) is 3.58. The third-order valence-corrected chi connectivity index (χ3v) is 6.44. The highest BCUT2D eigenvalue weighted by Gasteiger charge is 2.21. The first kappa shape index (κ1) is 21.7. The summed E-state index contributed by atoms with van der Waals surface area (Å²) >= 11 is 1.28. The summed E-state index contributed by atoms with van der Waals surface area (Å²) in [5, 5.41) is 7.11. The molecule has 0 radical (unpaired) electrons. The molecule has 0 aliphatic heterocycles. The number of nitrogens with one attached hydrogen (secondary N) is 1. The Bertz CT molecular complexity index is 1590. The molecule has 170 valence electrons. The molecular formula is C24H18FN5O3S. The number of anilines is 1. The Kier molecular flexibility index (Phi) is 5.50. The van der Waals surface area contributed by atoms with Gasteiger partial charge in [-0.1, -0.05) is 28.9 Å². The summed E-state index contributed by atoms with van der Waals surface area (Å²) in [7, 11) is 0. The molecule has 3 aromatic heterocycles. The molecule has 10 heteroatoms. The SMILES string of the molecule is Cc1cccc(-c2noc(-c3sc4ncn(CC(=O)Nc5ccc(F)cc5)c(=O)c4c3C)n2)c1. The standard InChI is InChI=1S/C24H18FN5O3S/c1-13-4-3-5-15(10-13)21-28-22(33-29-21)20-14(2)19-23(34-20)26-12-30(24(19)32)11-18(31)27-17-8-6-16(25)7-9-17/h3-10,12H,11H2,1-2H3,(H,27,31). The average molecular weight is 476 g/mol. The third-order valence-electron chi connectivity index (χ3n) is 5.26. The van der Waals surface area contributed by atoms with Crippen molar-refractivity contribution in [1.82, 2.24) is 19.7 Å². The number of thiophene rings is 1. The maximum Gasteiger partial charge on any atom is 0.268 e. The molecule has 0 fully saturated rings.